The van der Waals surface area contributed by atoms with Crippen molar-refractivity contribution in [3.05, 3.63) is 33.9 Å². The molecule has 4 rings (SSSR count). The minimum Gasteiger partial charge on any atom is -0.492 e. The molecule has 0 radical (unpaired) electrons. The summed E-state index contributed by atoms with van der Waals surface area (Å²) in [7, 11) is 1.42. The molecule has 1 aromatic carbocycles. The topological polar surface area (TPSA) is 112 Å². The minimum absolute atomic E-state index is 0.00168. The number of carbonyl (C=O) groups is 1. The number of fused-ring (bicyclic) bond motifs is 1. The smallest absolute Gasteiger partial charge is 0.341 e. The largest absolute Gasteiger partial charge is 0.492 e. The molecule has 162 valence electrons. The molecule has 2 aliphatic rings. The van der Waals surface area contributed by atoms with Gasteiger partial charge in [0.25, 0.3) is 0 Å². The zero-order valence-corrected chi connectivity index (χ0v) is 16.7. The second-order valence-corrected chi connectivity index (χ2v) is 8.10. The number of aliphatic hydroxyl groups is 2. The number of aromatic nitrogens is 1. The zero-order chi connectivity index (χ0) is 21.6. The number of methoxy groups -OCH3 is 1. The van der Waals surface area contributed by atoms with Gasteiger partial charge in [-0.25, -0.2) is 9.18 Å². The molecular weight excluding hydrogens is 395 g/mol. The fraction of sp³-hybridized carbons (Fsp3) is 0.524. The first-order valence-electron chi connectivity index (χ1n) is 10.1. The van der Waals surface area contributed by atoms with Gasteiger partial charge in [0.05, 0.1) is 18.0 Å². The van der Waals surface area contributed by atoms with Gasteiger partial charge in [0.1, 0.15) is 11.3 Å². The van der Waals surface area contributed by atoms with Crippen molar-refractivity contribution in [2.24, 2.45) is 5.92 Å². The molecule has 2 fully saturated rings. The third kappa shape index (κ3) is 3.63. The Hall–Kier alpha value is -2.65. The second kappa shape index (κ2) is 7.88. The standard InChI is InChI=1S/C21H25FN2O6/c1-30-20-17-13(19(27)14(21(28)29)10-24(17)12-2-3-12)9-15(22)18(20)23-6-4-11(5-7-23)8-16(25)26/h9-12,16,25-26H,2-8H2,1H3,(H,28,29). The first-order valence-corrected chi connectivity index (χ1v) is 10.1. The van der Waals surface area contributed by atoms with Crippen LogP contribution in [-0.2, 0) is 0 Å². The Kier molecular flexibility index (Phi) is 5.42. The van der Waals surface area contributed by atoms with E-state index in [1.807, 2.05) is 4.90 Å². The quantitative estimate of drug-likeness (QED) is 0.614. The van der Waals surface area contributed by atoms with E-state index in [9.17, 15) is 24.9 Å². The van der Waals surface area contributed by atoms with Gasteiger partial charge in [-0.3, -0.25) is 4.79 Å². The number of hydrogen-bond acceptors (Lipinski definition) is 6. The maximum atomic E-state index is 15.2. The van der Waals surface area contributed by atoms with E-state index >= 15 is 4.39 Å². The van der Waals surface area contributed by atoms with Crippen molar-refractivity contribution in [2.45, 2.75) is 44.4 Å². The van der Waals surface area contributed by atoms with Crippen molar-refractivity contribution in [3.8, 4) is 5.75 Å². The van der Waals surface area contributed by atoms with Gasteiger partial charge in [-0.15, -0.1) is 0 Å². The van der Waals surface area contributed by atoms with Gasteiger partial charge in [-0.1, -0.05) is 0 Å². The number of ether oxygens (including phenoxy) is 1. The molecule has 30 heavy (non-hydrogen) atoms. The summed E-state index contributed by atoms with van der Waals surface area (Å²) in [5.74, 6) is -1.61. The van der Waals surface area contributed by atoms with Gasteiger partial charge < -0.3 is 29.5 Å². The molecule has 3 N–H and O–H groups in total. The van der Waals surface area contributed by atoms with Gasteiger partial charge in [0.15, 0.2) is 17.9 Å². The zero-order valence-electron chi connectivity index (χ0n) is 16.7. The highest BCUT2D eigenvalue weighted by Gasteiger charge is 2.32. The monoisotopic (exact) mass is 420 g/mol. The molecule has 0 amide bonds. The molecule has 1 aromatic heterocycles. The molecule has 1 saturated heterocycles. The Morgan fingerprint density at radius 2 is 1.93 bits per heavy atom. The van der Waals surface area contributed by atoms with E-state index in [0.717, 1.165) is 18.9 Å². The van der Waals surface area contributed by atoms with Crippen LogP contribution in [0.5, 0.6) is 5.75 Å². The van der Waals surface area contributed by atoms with E-state index in [4.69, 9.17) is 4.74 Å². The highest BCUT2D eigenvalue weighted by molar-refractivity contribution is 5.97. The Labute approximate surface area is 172 Å². The number of carboxylic acids is 1. The van der Waals surface area contributed by atoms with Gasteiger partial charge in [-0.2, -0.15) is 0 Å². The summed E-state index contributed by atoms with van der Waals surface area (Å²) in [6.07, 6.45) is 3.31. The van der Waals surface area contributed by atoms with Gasteiger partial charge >= 0.3 is 5.97 Å². The minimum atomic E-state index is -1.36. The summed E-state index contributed by atoms with van der Waals surface area (Å²) in [5, 5.41) is 27.8. The molecule has 0 spiro atoms. The predicted molar refractivity (Wildman–Crippen MR) is 108 cm³/mol. The lowest BCUT2D eigenvalue weighted by atomic mass is 9.93. The van der Waals surface area contributed by atoms with Crippen molar-refractivity contribution in [2.75, 3.05) is 25.1 Å². The summed E-state index contributed by atoms with van der Waals surface area (Å²) < 4.78 is 22.5. The number of anilines is 1. The number of carboxylic acid groups (broad SMARTS) is 1. The summed E-state index contributed by atoms with van der Waals surface area (Å²) in [5.41, 5.74) is -0.440. The van der Waals surface area contributed by atoms with Crippen LogP contribution in [0.15, 0.2) is 17.1 Å². The van der Waals surface area contributed by atoms with Crippen molar-refractivity contribution < 1.29 is 29.2 Å². The van der Waals surface area contributed by atoms with Crippen LogP contribution in [-0.4, -0.2) is 52.3 Å². The van der Waals surface area contributed by atoms with Gasteiger partial charge in [-0.05, 0) is 37.7 Å². The Balaban J connectivity index is 1.83. The Morgan fingerprint density at radius 1 is 1.27 bits per heavy atom. The third-order valence-corrected chi connectivity index (χ3v) is 6.05. The maximum Gasteiger partial charge on any atom is 0.341 e. The molecular formula is C21H25FN2O6. The number of piperidine rings is 1. The molecule has 1 saturated carbocycles. The van der Waals surface area contributed by atoms with Crippen LogP contribution in [0.1, 0.15) is 48.5 Å². The van der Waals surface area contributed by atoms with E-state index in [1.165, 1.54) is 13.3 Å². The average Bonchev–Trinajstić information content (AvgIpc) is 3.53. The van der Waals surface area contributed by atoms with E-state index < -0.39 is 23.5 Å². The fourth-order valence-corrected chi connectivity index (χ4v) is 4.41. The number of aromatic carboxylic acids is 1. The highest BCUT2D eigenvalue weighted by Crippen LogP contribution is 2.44. The molecule has 0 atom stereocenters. The van der Waals surface area contributed by atoms with E-state index in [1.54, 1.807) is 4.57 Å². The number of benzene rings is 1. The SMILES string of the molecule is COc1c(N2CCC(CC(O)O)CC2)c(F)cc2c(=O)c(C(=O)O)cn(C3CC3)c12. The molecule has 1 aliphatic carbocycles. The Bertz CT molecular complexity index is 1040. The van der Waals surface area contributed by atoms with Crippen LogP contribution < -0.4 is 15.1 Å². The molecule has 1 aliphatic heterocycles. The van der Waals surface area contributed by atoms with Crippen LogP contribution in [0.25, 0.3) is 10.9 Å². The normalized spacial score (nSPS) is 17.7. The number of nitrogens with zero attached hydrogens (tertiary/aromatic N) is 2. The van der Waals surface area contributed by atoms with E-state index in [-0.39, 0.29) is 40.8 Å². The van der Waals surface area contributed by atoms with Crippen molar-refractivity contribution in [1.82, 2.24) is 4.57 Å². The highest BCUT2D eigenvalue weighted by atomic mass is 19.1. The predicted octanol–water partition coefficient (Wildman–Crippen LogP) is 2.10. The van der Waals surface area contributed by atoms with Crippen LogP contribution in [0.3, 0.4) is 0 Å². The van der Waals surface area contributed by atoms with Gasteiger partial charge in [0, 0.05) is 31.7 Å². The molecule has 0 bridgehead atoms. The number of halogens is 1. The summed E-state index contributed by atoms with van der Waals surface area (Å²) in [6.45, 7) is 1.02. The molecule has 0 unspecified atom stereocenters. The summed E-state index contributed by atoms with van der Waals surface area (Å²) in [6, 6.07) is 1.17. The summed E-state index contributed by atoms with van der Waals surface area (Å²) >= 11 is 0. The van der Waals surface area contributed by atoms with Crippen molar-refractivity contribution in [1.29, 1.82) is 0 Å². The van der Waals surface area contributed by atoms with Crippen LogP contribution in [0.2, 0.25) is 0 Å². The lowest BCUT2D eigenvalue weighted by Gasteiger charge is -2.35. The lowest BCUT2D eigenvalue weighted by Crippen LogP contribution is -2.35. The van der Waals surface area contributed by atoms with Crippen molar-refractivity contribution in [3.63, 3.8) is 0 Å². The van der Waals surface area contributed by atoms with E-state index in [2.05, 4.69) is 0 Å². The molecule has 8 nitrogen and oxygen atoms in total. The first-order chi connectivity index (χ1) is 14.3. The molecule has 2 aromatic rings. The number of rotatable bonds is 6. The average molecular weight is 420 g/mol. The third-order valence-electron chi connectivity index (χ3n) is 6.05. The van der Waals surface area contributed by atoms with E-state index in [0.29, 0.717) is 31.4 Å². The second-order valence-electron chi connectivity index (χ2n) is 8.10. The maximum absolute atomic E-state index is 15.2. The first kappa shape index (κ1) is 20.6. The van der Waals surface area contributed by atoms with Crippen LogP contribution >= 0.6 is 0 Å². The van der Waals surface area contributed by atoms with Crippen LogP contribution in [0, 0.1) is 11.7 Å². The number of hydrogen-bond donors (Lipinski definition) is 3. The number of pyridine rings is 1. The van der Waals surface area contributed by atoms with Crippen molar-refractivity contribution >= 4 is 22.6 Å². The molecule has 2 heterocycles. The van der Waals surface area contributed by atoms with Gasteiger partial charge in [0.2, 0.25) is 5.43 Å². The lowest BCUT2D eigenvalue weighted by molar-refractivity contribution is -0.0577. The molecule has 9 heteroatoms. The van der Waals surface area contributed by atoms with Crippen LogP contribution in [0.4, 0.5) is 10.1 Å². The Morgan fingerprint density at radius 3 is 2.47 bits per heavy atom. The number of aliphatic hydroxyl groups excluding tert-OH is 1. The summed E-state index contributed by atoms with van der Waals surface area (Å²) in [4.78, 5) is 26.1. The fourth-order valence-electron chi connectivity index (χ4n) is 4.41.